The third-order valence-corrected chi connectivity index (χ3v) is 2.05. The van der Waals surface area contributed by atoms with E-state index >= 15 is 0 Å². The predicted octanol–water partition coefficient (Wildman–Crippen LogP) is 3.55. The van der Waals surface area contributed by atoms with Gasteiger partial charge in [-0.25, -0.2) is 0 Å². The summed E-state index contributed by atoms with van der Waals surface area (Å²) in [4.78, 5) is 0. The van der Waals surface area contributed by atoms with Gasteiger partial charge in [0.1, 0.15) is 0 Å². The Hall–Kier alpha value is -0.520. The van der Waals surface area contributed by atoms with Gasteiger partial charge in [-0.05, 0) is 33.1 Å². The summed E-state index contributed by atoms with van der Waals surface area (Å²) in [5.74, 6) is 0.669. The molecule has 0 amide bonds. The van der Waals surface area contributed by atoms with Gasteiger partial charge < -0.3 is 0 Å². The number of allylic oxidation sites excluding steroid dienone is 3. The fourth-order valence-electron chi connectivity index (χ4n) is 0.920. The highest BCUT2D eigenvalue weighted by molar-refractivity contribution is 5.10. The molecule has 0 heterocycles. The van der Waals surface area contributed by atoms with Crippen LogP contribution in [0.5, 0.6) is 0 Å². The van der Waals surface area contributed by atoms with Crippen LogP contribution in [0.2, 0.25) is 0 Å². The molecule has 0 aliphatic heterocycles. The van der Waals surface area contributed by atoms with Crippen LogP contribution in [0.15, 0.2) is 23.8 Å². The highest BCUT2D eigenvalue weighted by Gasteiger charge is 2.01. The van der Waals surface area contributed by atoms with Gasteiger partial charge in [0.2, 0.25) is 0 Å². The van der Waals surface area contributed by atoms with Crippen LogP contribution in [0, 0.1) is 5.92 Å². The Morgan fingerprint density at radius 2 is 1.90 bits per heavy atom. The van der Waals surface area contributed by atoms with Gasteiger partial charge >= 0.3 is 0 Å². The largest absolute Gasteiger partial charge is 0.103 e. The number of hydrogen-bond donors (Lipinski definition) is 0. The number of rotatable bonds is 3. The third kappa shape index (κ3) is 2.86. The maximum Gasteiger partial charge on any atom is -0.0197 e. The smallest absolute Gasteiger partial charge is 0.0197 e. The Kier molecular flexibility index (Phi) is 4.10. The van der Waals surface area contributed by atoms with Gasteiger partial charge in [0, 0.05) is 0 Å². The molecule has 0 aliphatic carbocycles. The lowest BCUT2D eigenvalue weighted by Crippen LogP contribution is -1.95. The van der Waals surface area contributed by atoms with E-state index in [1.165, 1.54) is 11.1 Å². The third-order valence-electron chi connectivity index (χ3n) is 2.05. The molecule has 0 N–H and O–H groups in total. The van der Waals surface area contributed by atoms with Gasteiger partial charge in [0.05, 0.1) is 0 Å². The summed E-state index contributed by atoms with van der Waals surface area (Å²) in [5, 5.41) is 0. The molecule has 0 aromatic carbocycles. The van der Waals surface area contributed by atoms with E-state index in [1.54, 1.807) is 0 Å². The molecule has 0 rings (SSSR count). The lowest BCUT2D eigenvalue weighted by Gasteiger charge is -2.10. The van der Waals surface area contributed by atoms with Crippen molar-refractivity contribution in [3.8, 4) is 0 Å². The van der Waals surface area contributed by atoms with Crippen LogP contribution in [0.1, 0.15) is 34.1 Å². The van der Waals surface area contributed by atoms with E-state index in [4.69, 9.17) is 0 Å². The Balaban J connectivity index is 4.06. The summed E-state index contributed by atoms with van der Waals surface area (Å²) < 4.78 is 0. The molecule has 1 atom stereocenters. The van der Waals surface area contributed by atoms with Crippen molar-refractivity contribution < 1.29 is 0 Å². The standard InChI is InChI=1S/C10H18/c1-6-7-9(4)10(5)8(2)3/h6,9H,1,7H2,2-5H3. The van der Waals surface area contributed by atoms with Crippen molar-refractivity contribution in [3.05, 3.63) is 23.8 Å². The van der Waals surface area contributed by atoms with Crippen molar-refractivity contribution in [2.45, 2.75) is 34.1 Å². The molecule has 0 radical (unpaired) electrons. The van der Waals surface area contributed by atoms with Crippen LogP contribution in [-0.2, 0) is 0 Å². The van der Waals surface area contributed by atoms with Gasteiger partial charge in [-0.3, -0.25) is 0 Å². The average Bonchev–Trinajstić information content (AvgIpc) is 1.87. The van der Waals surface area contributed by atoms with E-state index in [1.807, 2.05) is 6.08 Å². The maximum atomic E-state index is 3.72. The summed E-state index contributed by atoms with van der Waals surface area (Å²) in [6, 6.07) is 0. The first-order valence-electron chi connectivity index (χ1n) is 3.84. The Morgan fingerprint density at radius 3 is 2.20 bits per heavy atom. The molecular weight excluding hydrogens is 120 g/mol. The molecule has 0 saturated carbocycles. The molecule has 0 nitrogen and oxygen atoms in total. The van der Waals surface area contributed by atoms with Crippen LogP contribution in [0.4, 0.5) is 0 Å². The van der Waals surface area contributed by atoms with E-state index in [-0.39, 0.29) is 0 Å². The van der Waals surface area contributed by atoms with E-state index in [0.717, 1.165) is 6.42 Å². The SMILES string of the molecule is C=CCC(C)C(C)=C(C)C. The van der Waals surface area contributed by atoms with E-state index < -0.39 is 0 Å². The van der Waals surface area contributed by atoms with Crippen LogP contribution in [0.25, 0.3) is 0 Å². The molecule has 0 spiro atoms. The second kappa shape index (κ2) is 4.32. The molecular formula is C10H18. The van der Waals surface area contributed by atoms with Crippen molar-refractivity contribution in [1.29, 1.82) is 0 Å². The molecule has 58 valence electrons. The zero-order valence-electron chi connectivity index (χ0n) is 7.57. The highest BCUT2D eigenvalue weighted by atomic mass is 14.1. The molecule has 10 heavy (non-hydrogen) atoms. The Bertz CT molecular complexity index is 136. The summed E-state index contributed by atoms with van der Waals surface area (Å²) >= 11 is 0. The molecule has 0 aromatic heterocycles. The lowest BCUT2D eigenvalue weighted by atomic mass is 9.96. The number of hydrogen-bond acceptors (Lipinski definition) is 0. The molecule has 0 bridgehead atoms. The first-order valence-corrected chi connectivity index (χ1v) is 3.84. The lowest BCUT2D eigenvalue weighted by molar-refractivity contribution is 0.686. The Labute approximate surface area is 64.6 Å². The van der Waals surface area contributed by atoms with Gasteiger partial charge in [0.25, 0.3) is 0 Å². The minimum absolute atomic E-state index is 0.669. The quantitative estimate of drug-likeness (QED) is 0.523. The molecule has 0 heteroatoms. The average molecular weight is 138 g/mol. The first kappa shape index (κ1) is 9.48. The highest BCUT2D eigenvalue weighted by Crippen LogP contribution is 2.17. The summed E-state index contributed by atoms with van der Waals surface area (Å²) in [5.41, 5.74) is 2.94. The maximum absolute atomic E-state index is 3.72. The summed E-state index contributed by atoms with van der Waals surface area (Å²) in [6.45, 7) is 12.5. The van der Waals surface area contributed by atoms with Crippen LogP contribution >= 0.6 is 0 Å². The van der Waals surface area contributed by atoms with Gasteiger partial charge in [-0.15, -0.1) is 6.58 Å². The van der Waals surface area contributed by atoms with Crippen molar-refractivity contribution in [3.63, 3.8) is 0 Å². The van der Waals surface area contributed by atoms with E-state index in [9.17, 15) is 0 Å². The molecule has 0 aliphatic rings. The molecule has 0 fully saturated rings. The van der Waals surface area contributed by atoms with Gasteiger partial charge in [0.15, 0.2) is 0 Å². The zero-order valence-corrected chi connectivity index (χ0v) is 7.57. The van der Waals surface area contributed by atoms with Crippen LogP contribution in [0.3, 0.4) is 0 Å². The molecule has 1 unspecified atom stereocenters. The second-order valence-electron chi connectivity index (χ2n) is 3.11. The van der Waals surface area contributed by atoms with Crippen molar-refractivity contribution in [2.75, 3.05) is 0 Å². The first-order chi connectivity index (χ1) is 4.59. The topological polar surface area (TPSA) is 0 Å². The van der Waals surface area contributed by atoms with Crippen molar-refractivity contribution >= 4 is 0 Å². The molecule has 0 saturated heterocycles. The van der Waals surface area contributed by atoms with Gasteiger partial charge in [-0.2, -0.15) is 0 Å². The zero-order chi connectivity index (χ0) is 8.15. The van der Waals surface area contributed by atoms with Crippen molar-refractivity contribution in [1.82, 2.24) is 0 Å². The summed E-state index contributed by atoms with van der Waals surface area (Å²) in [6.07, 6.45) is 3.08. The minimum atomic E-state index is 0.669. The minimum Gasteiger partial charge on any atom is -0.103 e. The normalized spacial score (nSPS) is 12.4. The van der Waals surface area contributed by atoms with Crippen molar-refractivity contribution in [2.24, 2.45) is 5.92 Å². The fourth-order valence-corrected chi connectivity index (χ4v) is 0.920. The monoisotopic (exact) mass is 138 g/mol. The van der Waals surface area contributed by atoms with Crippen LogP contribution in [-0.4, -0.2) is 0 Å². The fraction of sp³-hybridized carbons (Fsp3) is 0.600. The van der Waals surface area contributed by atoms with E-state index in [0.29, 0.717) is 5.92 Å². The second-order valence-corrected chi connectivity index (χ2v) is 3.11. The molecule has 0 aromatic rings. The van der Waals surface area contributed by atoms with E-state index in [2.05, 4.69) is 34.3 Å². The Morgan fingerprint density at radius 1 is 1.40 bits per heavy atom. The summed E-state index contributed by atoms with van der Waals surface area (Å²) in [7, 11) is 0. The van der Waals surface area contributed by atoms with Crippen LogP contribution < -0.4 is 0 Å². The van der Waals surface area contributed by atoms with Gasteiger partial charge in [-0.1, -0.05) is 24.1 Å². The predicted molar refractivity (Wildman–Crippen MR) is 48.0 cm³/mol.